The molecule has 0 amide bonds. The van der Waals surface area contributed by atoms with Crippen LogP contribution in [0, 0.1) is 0 Å². The van der Waals surface area contributed by atoms with Crippen LogP contribution in [0.4, 0.5) is 0 Å². The van der Waals surface area contributed by atoms with E-state index in [2.05, 4.69) is 67.3 Å². The van der Waals surface area contributed by atoms with Crippen molar-refractivity contribution >= 4 is 0 Å². The zero-order valence-electron chi connectivity index (χ0n) is 12.5. The van der Waals surface area contributed by atoms with Crippen LogP contribution in [-0.2, 0) is 25.9 Å². The van der Waals surface area contributed by atoms with Crippen LogP contribution in [0.5, 0.6) is 0 Å². The summed E-state index contributed by atoms with van der Waals surface area (Å²) in [6.45, 7) is 6.70. The van der Waals surface area contributed by atoms with Gasteiger partial charge in [0.2, 0.25) is 0 Å². The summed E-state index contributed by atoms with van der Waals surface area (Å²) in [5.74, 6) is 0. The molecule has 104 valence electrons. The molecule has 1 nitrogen and oxygen atoms in total. The van der Waals surface area contributed by atoms with Crippen molar-refractivity contribution in [1.82, 2.24) is 4.90 Å². The minimum absolute atomic E-state index is 0.564. The monoisotopic (exact) mass is 265 g/mol. The molecule has 0 N–H and O–H groups in total. The molecule has 0 aliphatic carbocycles. The molecule has 0 radical (unpaired) electrons. The fourth-order valence-electron chi connectivity index (χ4n) is 3.04. The standard InChI is InChI=1S/C19H23N/c1-15(2)20-13-18-9-5-3-7-16(18)11-12-17-8-4-6-10-19(17)14-20/h3-10,15H,11-14H2,1-2H3. The lowest BCUT2D eigenvalue weighted by molar-refractivity contribution is 0.203. The van der Waals surface area contributed by atoms with E-state index in [9.17, 15) is 0 Å². The lowest BCUT2D eigenvalue weighted by Crippen LogP contribution is -2.30. The Morgan fingerprint density at radius 3 is 1.50 bits per heavy atom. The zero-order valence-corrected chi connectivity index (χ0v) is 12.5. The normalized spacial score (nSPS) is 15.9. The molecule has 0 unspecified atom stereocenters. The number of rotatable bonds is 1. The van der Waals surface area contributed by atoms with Crippen molar-refractivity contribution in [2.24, 2.45) is 0 Å². The lowest BCUT2D eigenvalue weighted by Gasteiger charge is -2.27. The molecule has 1 heteroatoms. The third-order valence-corrected chi connectivity index (χ3v) is 4.38. The summed E-state index contributed by atoms with van der Waals surface area (Å²) in [6.07, 6.45) is 2.30. The molecular formula is C19H23N. The summed E-state index contributed by atoms with van der Waals surface area (Å²) < 4.78 is 0. The molecule has 0 spiro atoms. The Labute approximate surface area is 122 Å². The van der Waals surface area contributed by atoms with Gasteiger partial charge < -0.3 is 0 Å². The Morgan fingerprint density at radius 2 is 1.10 bits per heavy atom. The van der Waals surface area contributed by atoms with Crippen molar-refractivity contribution in [2.45, 2.75) is 45.8 Å². The first-order valence-corrected chi connectivity index (χ1v) is 7.61. The van der Waals surface area contributed by atoms with Gasteiger partial charge in [0.25, 0.3) is 0 Å². The highest BCUT2D eigenvalue weighted by Crippen LogP contribution is 2.23. The fourth-order valence-corrected chi connectivity index (χ4v) is 3.04. The van der Waals surface area contributed by atoms with E-state index < -0.39 is 0 Å². The molecule has 2 aromatic rings. The van der Waals surface area contributed by atoms with Gasteiger partial charge in [-0.3, -0.25) is 4.90 Å². The maximum absolute atomic E-state index is 2.57. The Balaban J connectivity index is 2.01. The second-order valence-electron chi connectivity index (χ2n) is 6.04. The average molecular weight is 265 g/mol. The smallest absolute Gasteiger partial charge is 0.0242 e. The van der Waals surface area contributed by atoms with Gasteiger partial charge in [0.15, 0.2) is 0 Å². The van der Waals surface area contributed by atoms with Crippen molar-refractivity contribution in [3.8, 4) is 0 Å². The molecule has 20 heavy (non-hydrogen) atoms. The highest BCUT2D eigenvalue weighted by molar-refractivity contribution is 5.33. The van der Waals surface area contributed by atoms with Gasteiger partial charge >= 0.3 is 0 Å². The largest absolute Gasteiger partial charge is 0.292 e. The van der Waals surface area contributed by atoms with Crippen molar-refractivity contribution in [3.63, 3.8) is 0 Å². The molecular weight excluding hydrogens is 242 g/mol. The number of hydrogen-bond donors (Lipinski definition) is 0. The molecule has 0 saturated heterocycles. The summed E-state index contributed by atoms with van der Waals surface area (Å²) in [6, 6.07) is 18.4. The molecule has 3 rings (SSSR count). The van der Waals surface area contributed by atoms with E-state index in [0.29, 0.717) is 6.04 Å². The van der Waals surface area contributed by atoms with Crippen LogP contribution in [0.3, 0.4) is 0 Å². The summed E-state index contributed by atoms with van der Waals surface area (Å²) in [4.78, 5) is 2.57. The molecule has 1 aliphatic heterocycles. The molecule has 1 aliphatic rings. The summed E-state index contributed by atoms with van der Waals surface area (Å²) >= 11 is 0. The van der Waals surface area contributed by atoms with Gasteiger partial charge in [0, 0.05) is 19.1 Å². The fraction of sp³-hybridized carbons (Fsp3) is 0.368. The second kappa shape index (κ2) is 5.80. The van der Waals surface area contributed by atoms with Crippen molar-refractivity contribution in [1.29, 1.82) is 0 Å². The number of nitrogens with zero attached hydrogens (tertiary/aromatic N) is 1. The van der Waals surface area contributed by atoms with E-state index in [1.54, 1.807) is 0 Å². The predicted octanol–water partition coefficient (Wildman–Crippen LogP) is 4.20. The van der Waals surface area contributed by atoms with E-state index in [4.69, 9.17) is 0 Å². The van der Waals surface area contributed by atoms with E-state index in [1.807, 2.05) is 0 Å². The van der Waals surface area contributed by atoms with Gasteiger partial charge in [-0.25, -0.2) is 0 Å². The average Bonchev–Trinajstić information content (AvgIpc) is 2.54. The molecule has 0 aromatic heterocycles. The Bertz CT molecular complexity index is 536. The Hall–Kier alpha value is -1.60. The van der Waals surface area contributed by atoms with E-state index in [1.165, 1.54) is 22.3 Å². The van der Waals surface area contributed by atoms with Gasteiger partial charge in [-0.1, -0.05) is 48.5 Å². The maximum atomic E-state index is 2.57. The van der Waals surface area contributed by atoms with Gasteiger partial charge in [0.05, 0.1) is 0 Å². The van der Waals surface area contributed by atoms with Crippen molar-refractivity contribution in [3.05, 3.63) is 70.8 Å². The number of fused-ring (bicyclic) bond motifs is 2. The van der Waals surface area contributed by atoms with Gasteiger partial charge in [-0.05, 0) is 48.9 Å². The summed E-state index contributed by atoms with van der Waals surface area (Å²) in [7, 11) is 0. The van der Waals surface area contributed by atoms with Crippen molar-refractivity contribution < 1.29 is 0 Å². The van der Waals surface area contributed by atoms with E-state index >= 15 is 0 Å². The first kappa shape index (κ1) is 13.4. The third kappa shape index (κ3) is 2.78. The Morgan fingerprint density at radius 1 is 0.700 bits per heavy atom. The number of hydrogen-bond acceptors (Lipinski definition) is 1. The topological polar surface area (TPSA) is 3.24 Å². The van der Waals surface area contributed by atoms with Gasteiger partial charge in [0.1, 0.15) is 0 Å². The molecule has 0 fully saturated rings. The van der Waals surface area contributed by atoms with Crippen molar-refractivity contribution in [2.75, 3.05) is 0 Å². The minimum atomic E-state index is 0.564. The van der Waals surface area contributed by atoms with Crippen LogP contribution in [0.2, 0.25) is 0 Å². The van der Waals surface area contributed by atoms with Crippen LogP contribution < -0.4 is 0 Å². The van der Waals surface area contributed by atoms with E-state index in [-0.39, 0.29) is 0 Å². The highest BCUT2D eigenvalue weighted by Gasteiger charge is 2.16. The zero-order chi connectivity index (χ0) is 13.9. The van der Waals surface area contributed by atoms with Crippen LogP contribution in [0.15, 0.2) is 48.5 Å². The predicted molar refractivity (Wildman–Crippen MR) is 84.7 cm³/mol. The molecule has 0 bridgehead atoms. The van der Waals surface area contributed by atoms with Crippen LogP contribution in [0.25, 0.3) is 0 Å². The minimum Gasteiger partial charge on any atom is -0.292 e. The first-order valence-electron chi connectivity index (χ1n) is 7.61. The molecule has 0 saturated carbocycles. The first-order chi connectivity index (χ1) is 9.74. The highest BCUT2D eigenvalue weighted by atomic mass is 15.1. The van der Waals surface area contributed by atoms with Gasteiger partial charge in [-0.2, -0.15) is 0 Å². The van der Waals surface area contributed by atoms with E-state index in [0.717, 1.165) is 25.9 Å². The second-order valence-corrected chi connectivity index (χ2v) is 6.04. The third-order valence-electron chi connectivity index (χ3n) is 4.38. The molecule has 0 atom stereocenters. The van der Waals surface area contributed by atoms with Crippen LogP contribution in [-0.4, -0.2) is 10.9 Å². The van der Waals surface area contributed by atoms with Crippen LogP contribution >= 0.6 is 0 Å². The SMILES string of the molecule is CC(C)N1Cc2ccccc2CCc2ccccc2C1. The Kier molecular flexibility index (Phi) is 3.88. The van der Waals surface area contributed by atoms with Crippen LogP contribution in [0.1, 0.15) is 36.1 Å². The number of benzene rings is 2. The lowest BCUT2D eigenvalue weighted by atomic mass is 9.98. The molecule has 2 aromatic carbocycles. The van der Waals surface area contributed by atoms with Gasteiger partial charge in [-0.15, -0.1) is 0 Å². The summed E-state index contributed by atoms with van der Waals surface area (Å²) in [5.41, 5.74) is 6.01. The number of aryl methyl sites for hydroxylation is 2. The maximum Gasteiger partial charge on any atom is 0.0242 e. The molecule has 1 heterocycles. The summed E-state index contributed by atoms with van der Waals surface area (Å²) in [5, 5.41) is 0. The quantitative estimate of drug-likeness (QED) is 0.747.